The van der Waals surface area contributed by atoms with Crippen molar-refractivity contribution in [1.82, 2.24) is 5.32 Å². The van der Waals surface area contributed by atoms with E-state index in [1.54, 1.807) is 12.1 Å². The van der Waals surface area contributed by atoms with E-state index in [2.05, 4.69) is 25.0 Å². The molecule has 0 saturated carbocycles. The highest BCUT2D eigenvalue weighted by Gasteiger charge is 2.04. The molecule has 0 fully saturated rings. The molecule has 0 aromatic heterocycles. The molecule has 0 heterocycles. The van der Waals surface area contributed by atoms with Crippen LogP contribution in [-0.2, 0) is 13.0 Å². The van der Waals surface area contributed by atoms with Crippen LogP contribution in [0.15, 0.2) is 48.5 Å². The SMILES string of the molecule is C[Si](C)(C)Cl.Oc1ccccc1CCCCNCc1ccccc1O. The van der Waals surface area contributed by atoms with Crippen LogP contribution >= 0.6 is 11.1 Å². The van der Waals surface area contributed by atoms with Crippen molar-refractivity contribution in [2.75, 3.05) is 6.54 Å². The predicted molar refractivity (Wildman–Crippen MR) is 110 cm³/mol. The Balaban J connectivity index is 0.000000550. The lowest BCUT2D eigenvalue weighted by Gasteiger charge is -2.07. The Morgan fingerprint density at radius 2 is 1.32 bits per heavy atom. The molecule has 0 radical (unpaired) electrons. The molecule has 0 aliphatic carbocycles. The van der Waals surface area contributed by atoms with E-state index in [9.17, 15) is 10.2 Å². The molecule has 2 aromatic carbocycles. The van der Waals surface area contributed by atoms with Crippen LogP contribution in [0.4, 0.5) is 0 Å². The molecule has 0 bridgehead atoms. The lowest BCUT2D eigenvalue weighted by atomic mass is 10.1. The van der Waals surface area contributed by atoms with Crippen molar-refractivity contribution in [2.24, 2.45) is 0 Å². The number of para-hydroxylation sites is 2. The van der Waals surface area contributed by atoms with Crippen molar-refractivity contribution < 1.29 is 10.2 Å². The Bertz CT molecular complexity index is 574. The monoisotopic (exact) mass is 379 g/mol. The number of benzene rings is 2. The summed E-state index contributed by atoms with van der Waals surface area (Å²) in [5.41, 5.74) is 1.93. The van der Waals surface area contributed by atoms with Crippen molar-refractivity contribution in [1.29, 1.82) is 0 Å². The number of hydrogen-bond acceptors (Lipinski definition) is 3. The number of aromatic hydroxyl groups is 2. The van der Waals surface area contributed by atoms with Crippen LogP contribution in [0.5, 0.6) is 11.5 Å². The summed E-state index contributed by atoms with van der Waals surface area (Å²) in [7, 11) is -1.14. The zero-order valence-corrected chi connectivity index (χ0v) is 17.2. The Morgan fingerprint density at radius 1 is 0.840 bits per heavy atom. The largest absolute Gasteiger partial charge is 0.508 e. The fourth-order valence-electron chi connectivity index (χ4n) is 2.17. The fraction of sp³-hybridized carbons (Fsp3) is 0.400. The molecule has 0 spiro atoms. The predicted octanol–water partition coefficient (Wildman–Crippen LogP) is 5.27. The third-order valence-electron chi connectivity index (χ3n) is 3.35. The number of hydrogen-bond donors (Lipinski definition) is 3. The molecule has 2 aromatic rings. The molecule has 0 atom stereocenters. The summed E-state index contributed by atoms with van der Waals surface area (Å²) in [6.45, 7) is 7.86. The molecular formula is C20H30ClNO2Si. The van der Waals surface area contributed by atoms with Gasteiger partial charge in [0.05, 0.1) is 0 Å². The van der Waals surface area contributed by atoms with Gasteiger partial charge in [0.2, 0.25) is 0 Å². The van der Waals surface area contributed by atoms with Gasteiger partial charge in [0.1, 0.15) is 18.9 Å². The van der Waals surface area contributed by atoms with Gasteiger partial charge in [-0.15, -0.1) is 0 Å². The minimum absolute atomic E-state index is 0.342. The van der Waals surface area contributed by atoms with E-state index in [0.717, 1.165) is 36.9 Å². The standard InChI is InChI=1S/C17H21NO2.C3H9ClSi/c19-16-10-3-1-7-14(16)8-5-6-12-18-13-15-9-2-4-11-17(15)20;1-5(2,3)4/h1-4,7,9-11,18-20H,5-6,8,12-13H2;1-3H3. The summed E-state index contributed by atoms with van der Waals surface area (Å²) in [5, 5.41) is 22.6. The summed E-state index contributed by atoms with van der Waals surface area (Å²) in [6, 6.07) is 14.9. The van der Waals surface area contributed by atoms with Crippen LogP contribution in [0.25, 0.3) is 0 Å². The second-order valence-electron chi connectivity index (χ2n) is 6.96. The molecule has 0 amide bonds. The molecule has 0 unspecified atom stereocenters. The maximum absolute atomic E-state index is 9.65. The zero-order chi connectivity index (χ0) is 18.7. The summed E-state index contributed by atoms with van der Waals surface area (Å²) < 4.78 is 0. The highest BCUT2D eigenvalue weighted by molar-refractivity contribution is 7.18. The van der Waals surface area contributed by atoms with E-state index < -0.39 is 7.38 Å². The first kappa shape index (κ1) is 21.5. The van der Waals surface area contributed by atoms with Crippen LogP contribution < -0.4 is 5.32 Å². The number of aryl methyl sites for hydroxylation is 1. The van der Waals surface area contributed by atoms with Crippen molar-refractivity contribution >= 4 is 18.5 Å². The lowest BCUT2D eigenvalue weighted by Crippen LogP contribution is -2.14. The van der Waals surface area contributed by atoms with Crippen LogP contribution in [0.2, 0.25) is 19.6 Å². The van der Waals surface area contributed by atoms with Crippen LogP contribution in [0, 0.1) is 0 Å². The average molecular weight is 380 g/mol. The highest BCUT2D eigenvalue weighted by Crippen LogP contribution is 2.18. The third-order valence-corrected chi connectivity index (χ3v) is 3.35. The number of halogens is 1. The summed E-state index contributed by atoms with van der Waals surface area (Å²) >= 11 is 5.67. The molecular weight excluding hydrogens is 350 g/mol. The fourth-order valence-corrected chi connectivity index (χ4v) is 2.17. The highest BCUT2D eigenvalue weighted by atomic mass is 35.6. The Hall–Kier alpha value is -1.49. The number of nitrogens with one attached hydrogen (secondary N) is 1. The summed E-state index contributed by atoms with van der Waals surface area (Å²) in [4.78, 5) is 0. The minimum atomic E-state index is -1.14. The first-order chi connectivity index (χ1) is 11.8. The van der Waals surface area contributed by atoms with E-state index in [-0.39, 0.29) is 0 Å². The van der Waals surface area contributed by atoms with Crippen LogP contribution in [-0.4, -0.2) is 24.1 Å². The van der Waals surface area contributed by atoms with E-state index >= 15 is 0 Å². The summed E-state index contributed by atoms with van der Waals surface area (Å²) in [5.74, 6) is 0.726. The van der Waals surface area contributed by atoms with Gasteiger partial charge in [0.15, 0.2) is 0 Å². The molecule has 0 aliphatic rings. The third kappa shape index (κ3) is 10.9. The van der Waals surface area contributed by atoms with Gasteiger partial charge < -0.3 is 15.5 Å². The Kier molecular flexibility index (Phi) is 9.64. The maximum Gasteiger partial charge on any atom is 0.147 e. The van der Waals surface area contributed by atoms with Crippen LogP contribution in [0.3, 0.4) is 0 Å². The van der Waals surface area contributed by atoms with Gasteiger partial charge in [-0.3, -0.25) is 0 Å². The van der Waals surface area contributed by atoms with Gasteiger partial charge in [0, 0.05) is 12.1 Å². The first-order valence-corrected chi connectivity index (χ1v) is 13.2. The van der Waals surface area contributed by atoms with Gasteiger partial charge in [-0.1, -0.05) is 56.0 Å². The smallest absolute Gasteiger partial charge is 0.147 e. The van der Waals surface area contributed by atoms with Gasteiger partial charge in [0.25, 0.3) is 0 Å². The van der Waals surface area contributed by atoms with Gasteiger partial charge in [-0.05, 0) is 43.5 Å². The molecule has 25 heavy (non-hydrogen) atoms. The van der Waals surface area contributed by atoms with Gasteiger partial charge in [-0.2, -0.15) is 11.1 Å². The Morgan fingerprint density at radius 3 is 1.84 bits per heavy atom. The molecule has 0 aliphatic heterocycles. The minimum Gasteiger partial charge on any atom is -0.508 e. The number of phenols is 2. The Labute approximate surface area is 157 Å². The van der Waals surface area contributed by atoms with Crippen molar-refractivity contribution in [3.05, 3.63) is 59.7 Å². The molecule has 0 saturated heterocycles. The van der Waals surface area contributed by atoms with E-state index in [4.69, 9.17) is 11.1 Å². The topological polar surface area (TPSA) is 52.5 Å². The van der Waals surface area contributed by atoms with Crippen LogP contribution in [0.1, 0.15) is 24.0 Å². The van der Waals surface area contributed by atoms with E-state index in [1.807, 2.05) is 36.4 Å². The van der Waals surface area contributed by atoms with E-state index in [1.165, 1.54) is 0 Å². The van der Waals surface area contributed by atoms with Crippen molar-refractivity contribution in [2.45, 2.75) is 45.4 Å². The average Bonchev–Trinajstić information content (AvgIpc) is 2.52. The molecule has 3 nitrogen and oxygen atoms in total. The lowest BCUT2D eigenvalue weighted by molar-refractivity contribution is 0.462. The van der Waals surface area contributed by atoms with E-state index in [0.29, 0.717) is 18.0 Å². The van der Waals surface area contributed by atoms with Gasteiger partial charge in [-0.25, -0.2) is 0 Å². The molecule has 138 valence electrons. The van der Waals surface area contributed by atoms with Gasteiger partial charge >= 0.3 is 0 Å². The maximum atomic E-state index is 9.65. The second kappa shape index (κ2) is 11.2. The first-order valence-electron chi connectivity index (χ1n) is 8.71. The number of rotatable bonds is 7. The number of phenolic OH excluding ortho intramolecular Hbond substituents is 2. The van der Waals surface area contributed by atoms with Crippen molar-refractivity contribution in [3.8, 4) is 11.5 Å². The van der Waals surface area contributed by atoms with Crippen molar-refractivity contribution in [3.63, 3.8) is 0 Å². The quantitative estimate of drug-likeness (QED) is 0.349. The number of unbranched alkanes of at least 4 members (excludes halogenated alkanes) is 1. The zero-order valence-electron chi connectivity index (χ0n) is 15.4. The second-order valence-corrected chi connectivity index (χ2v) is 14.5. The molecule has 5 heteroatoms. The molecule has 2 rings (SSSR count). The summed E-state index contributed by atoms with van der Waals surface area (Å²) in [6.07, 6.45) is 2.97. The molecule has 3 N–H and O–H groups in total. The normalized spacial score (nSPS) is 10.9.